The molecule has 7 nitrogen and oxygen atoms in total. The fourth-order valence-electron chi connectivity index (χ4n) is 1.39. The smallest absolute Gasteiger partial charge is 0.340 e. The standard InChI is InChI=1S/C11H14N2O5S/c1-7(12-15)8-4-5-10(13-19(3,16)17)9(6-8)11(14)18-2/h4-6,13,15H,1-3H3/b12-7-. The van der Waals surface area contributed by atoms with Crippen molar-refractivity contribution in [1.29, 1.82) is 0 Å². The topological polar surface area (TPSA) is 105 Å². The predicted octanol–water partition coefficient (Wildman–Crippen LogP) is 1.04. The van der Waals surface area contributed by atoms with Crippen LogP contribution < -0.4 is 4.72 Å². The minimum absolute atomic E-state index is 0.0356. The van der Waals surface area contributed by atoms with Crippen LogP contribution in [0.3, 0.4) is 0 Å². The van der Waals surface area contributed by atoms with Gasteiger partial charge in [-0.3, -0.25) is 4.72 Å². The molecule has 1 aromatic rings. The number of carbonyl (C=O) groups excluding carboxylic acids is 1. The number of nitrogens with one attached hydrogen (secondary N) is 1. The van der Waals surface area contributed by atoms with Gasteiger partial charge in [0, 0.05) is 5.56 Å². The lowest BCUT2D eigenvalue weighted by Gasteiger charge is -2.10. The highest BCUT2D eigenvalue weighted by Crippen LogP contribution is 2.20. The van der Waals surface area contributed by atoms with Gasteiger partial charge in [-0.15, -0.1) is 0 Å². The van der Waals surface area contributed by atoms with Gasteiger partial charge in [-0.25, -0.2) is 13.2 Å². The molecule has 0 unspecified atom stereocenters. The Morgan fingerprint density at radius 3 is 2.53 bits per heavy atom. The molecule has 0 amide bonds. The number of oxime groups is 1. The zero-order valence-corrected chi connectivity index (χ0v) is 11.5. The second kappa shape index (κ2) is 5.70. The van der Waals surface area contributed by atoms with Gasteiger partial charge in [0.05, 0.1) is 30.3 Å². The molecule has 0 aromatic heterocycles. The van der Waals surface area contributed by atoms with E-state index in [1.165, 1.54) is 25.3 Å². The van der Waals surface area contributed by atoms with E-state index in [2.05, 4.69) is 14.6 Å². The zero-order chi connectivity index (χ0) is 14.6. The number of nitrogens with zero attached hydrogens (tertiary/aromatic N) is 1. The first kappa shape index (κ1) is 15.0. The highest BCUT2D eigenvalue weighted by atomic mass is 32.2. The van der Waals surface area contributed by atoms with Crippen molar-refractivity contribution >= 4 is 27.4 Å². The van der Waals surface area contributed by atoms with Crippen LogP contribution in [0.2, 0.25) is 0 Å². The van der Waals surface area contributed by atoms with Crippen LogP contribution in [0.15, 0.2) is 23.4 Å². The molecule has 0 aliphatic rings. The van der Waals surface area contributed by atoms with Gasteiger partial charge in [0.2, 0.25) is 10.0 Å². The van der Waals surface area contributed by atoms with Crippen LogP contribution in [0.4, 0.5) is 5.69 Å². The van der Waals surface area contributed by atoms with Crippen molar-refractivity contribution in [3.05, 3.63) is 29.3 Å². The molecule has 0 aliphatic carbocycles. The molecule has 8 heteroatoms. The van der Waals surface area contributed by atoms with Gasteiger partial charge in [-0.05, 0) is 19.1 Å². The van der Waals surface area contributed by atoms with E-state index in [1.54, 1.807) is 6.92 Å². The molecule has 0 heterocycles. The normalized spacial score (nSPS) is 12.1. The quantitative estimate of drug-likeness (QED) is 0.372. The first-order valence-corrected chi connectivity index (χ1v) is 7.07. The maximum absolute atomic E-state index is 11.6. The van der Waals surface area contributed by atoms with Crippen molar-refractivity contribution in [1.82, 2.24) is 0 Å². The summed E-state index contributed by atoms with van der Waals surface area (Å²) in [5, 5.41) is 11.7. The van der Waals surface area contributed by atoms with E-state index in [0.29, 0.717) is 5.56 Å². The minimum Gasteiger partial charge on any atom is -0.465 e. The summed E-state index contributed by atoms with van der Waals surface area (Å²) in [6, 6.07) is 4.31. The van der Waals surface area contributed by atoms with Crippen LogP contribution in [0.5, 0.6) is 0 Å². The summed E-state index contributed by atoms with van der Waals surface area (Å²) in [6.07, 6.45) is 0.975. The van der Waals surface area contributed by atoms with E-state index >= 15 is 0 Å². The van der Waals surface area contributed by atoms with Crippen LogP contribution >= 0.6 is 0 Å². The van der Waals surface area contributed by atoms with Gasteiger partial charge in [-0.2, -0.15) is 0 Å². The molecule has 0 bridgehead atoms. The number of ether oxygens (including phenoxy) is 1. The van der Waals surface area contributed by atoms with Crippen molar-refractivity contribution in [2.75, 3.05) is 18.1 Å². The minimum atomic E-state index is -3.52. The summed E-state index contributed by atoms with van der Waals surface area (Å²) in [7, 11) is -2.33. The van der Waals surface area contributed by atoms with Gasteiger partial charge in [-0.1, -0.05) is 11.2 Å². The monoisotopic (exact) mass is 286 g/mol. The lowest BCUT2D eigenvalue weighted by Crippen LogP contribution is -2.14. The summed E-state index contributed by atoms with van der Waals surface area (Å²) < 4.78 is 29.2. The Bertz CT molecular complexity index is 622. The summed E-state index contributed by atoms with van der Waals surface area (Å²) in [5.41, 5.74) is 0.898. The van der Waals surface area contributed by atoms with Crippen molar-refractivity contribution in [3.63, 3.8) is 0 Å². The molecular weight excluding hydrogens is 272 g/mol. The van der Waals surface area contributed by atoms with Gasteiger partial charge in [0.15, 0.2) is 0 Å². The molecule has 0 radical (unpaired) electrons. The third-order valence-electron chi connectivity index (χ3n) is 2.29. The molecule has 0 saturated heterocycles. The summed E-state index contributed by atoms with van der Waals surface area (Å²) in [4.78, 5) is 11.6. The SMILES string of the molecule is COC(=O)c1cc(/C(C)=N\O)ccc1NS(C)(=O)=O. The maximum atomic E-state index is 11.6. The van der Waals surface area contributed by atoms with E-state index in [9.17, 15) is 13.2 Å². The fourth-order valence-corrected chi connectivity index (χ4v) is 1.97. The average Bonchev–Trinajstić information content (AvgIpc) is 2.35. The van der Waals surface area contributed by atoms with Crippen LogP contribution in [-0.4, -0.2) is 38.7 Å². The largest absolute Gasteiger partial charge is 0.465 e. The Morgan fingerprint density at radius 2 is 2.05 bits per heavy atom. The Labute approximate surface area is 110 Å². The van der Waals surface area contributed by atoms with E-state index in [1.807, 2.05) is 0 Å². The number of rotatable bonds is 4. The molecule has 0 saturated carbocycles. The number of esters is 1. The number of hydrogen-bond donors (Lipinski definition) is 2. The second-order valence-corrected chi connectivity index (χ2v) is 5.56. The zero-order valence-electron chi connectivity index (χ0n) is 10.7. The molecule has 0 aliphatic heterocycles. The lowest BCUT2D eigenvalue weighted by molar-refractivity contribution is 0.0602. The van der Waals surface area contributed by atoms with E-state index in [-0.39, 0.29) is 17.0 Å². The molecule has 19 heavy (non-hydrogen) atoms. The third kappa shape index (κ3) is 3.95. The van der Waals surface area contributed by atoms with Gasteiger partial charge in [0.1, 0.15) is 0 Å². The number of hydrogen-bond acceptors (Lipinski definition) is 6. The number of sulfonamides is 1. The van der Waals surface area contributed by atoms with Crippen molar-refractivity contribution in [2.45, 2.75) is 6.92 Å². The highest BCUT2D eigenvalue weighted by Gasteiger charge is 2.16. The van der Waals surface area contributed by atoms with E-state index in [0.717, 1.165) is 6.26 Å². The maximum Gasteiger partial charge on any atom is 0.340 e. The molecule has 1 rings (SSSR count). The van der Waals surface area contributed by atoms with Crippen LogP contribution in [0.25, 0.3) is 0 Å². The molecule has 0 spiro atoms. The van der Waals surface area contributed by atoms with Crippen molar-refractivity contribution in [3.8, 4) is 0 Å². The highest BCUT2D eigenvalue weighted by molar-refractivity contribution is 7.92. The van der Waals surface area contributed by atoms with E-state index < -0.39 is 16.0 Å². The Hall–Kier alpha value is -2.09. The first-order valence-electron chi connectivity index (χ1n) is 5.17. The summed E-state index contributed by atoms with van der Waals surface area (Å²) >= 11 is 0. The Balaban J connectivity index is 3.36. The molecule has 0 fully saturated rings. The number of methoxy groups -OCH3 is 1. The van der Waals surface area contributed by atoms with Crippen molar-refractivity contribution in [2.24, 2.45) is 5.16 Å². The van der Waals surface area contributed by atoms with Gasteiger partial charge >= 0.3 is 5.97 Å². The van der Waals surface area contributed by atoms with Crippen LogP contribution in [0.1, 0.15) is 22.8 Å². The first-order chi connectivity index (χ1) is 8.78. The number of benzene rings is 1. The molecule has 104 valence electrons. The summed E-state index contributed by atoms with van der Waals surface area (Å²) in [5.74, 6) is -0.696. The van der Waals surface area contributed by atoms with Gasteiger partial charge in [0.25, 0.3) is 0 Å². The van der Waals surface area contributed by atoms with E-state index in [4.69, 9.17) is 5.21 Å². The molecular formula is C11H14N2O5S. The number of carbonyl (C=O) groups is 1. The fraction of sp³-hybridized carbons (Fsp3) is 0.273. The predicted molar refractivity (Wildman–Crippen MR) is 70.2 cm³/mol. The van der Waals surface area contributed by atoms with Crippen molar-refractivity contribution < 1.29 is 23.2 Å². The second-order valence-electron chi connectivity index (χ2n) is 3.81. The average molecular weight is 286 g/mol. The Kier molecular flexibility index (Phi) is 4.49. The van der Waals surface area contributed by atoms with Crippen LogP contribution in [-0.2, 0) is 14.8 Å². The molecule has 2 N–H and O–H groups in total. The van der Waals surface area contributed by atoms with Gasteiger partial charge < -0.3 is 9.94 Å². The number of anilines is 1. The lowest BCUT2D eigenvalue weighted by atomic mass is 10.1. The summed E-state index contributed by atoms with van der Waals surface area (Å²) in [6.45, 7) is 1.54. The molecule has 0 atom stereocenters. The van der Waals surface area contributed by atoms with Crippen LogP contribution in [0, 0.1) is 0 Å². The molecule has 1 aromatic carbocycles. The third-order valence-corrected chi connectivity index (χ3v) is 2.88. The Morgan fingerprint density at radius 1 is 1.42 bits per heavy atom.